The van der Waals surface area contributed by atoms with Gasteiger partial charge in [0.15, 0.2) is 0 Å². The summed E-state index contributed by atoms with van der Waals surface area (Å²) in [5.41, 5.74) is 7.37. The zero-order valence-electron chi connectivity index (χ0n) is 22.7. The molecule has 2 atom stereocenters. The van der Waals surface area contributed by atoms with Crippen molar-refractivity contribution in [1.29, 1.82) is 0 Å². The third kappa shape index (κ3) is 4.51. The predicted octanol–water partition coefficient (Wildman–Crippen LogP) is 6.59. The number of fused-ring (bicyclic) bond motifs is 4. The van der Waals surface area contributed by atoms with Crippen molar-refractivity contribution in [3.05, 3.63) is 52.6 Å². The maximum Gasteiger partial charge on any atom is 0.407 e. The number of carbonyl (C=O) groups is 1. The van der Waals surface area contributed by atoms with E-state index in [2.05, 4.69) is 68.2 Å². The molecule has 2 aromatic rings. The molecule has 1 N–H and O–H groups in total. The zero-order valence-corrected chi connectivity index (χ0v) is 22.7. The highest BCUT2D eigenvalue weighted by atomic mass is 16.6. The van der Waals surface area contributed by atoms with E-state index in [4.69, 9.17) is 9.47 Å². The van der Waals surface area contributed by atoms with E-state index in [1.807, 2.05) is 6.92 Å². The van der Waals surface area contributed by atoms with Gasteiger partial charge in [0.2, 0.25) is 0 Å². The number of nitrogens with zero attached hydrogens (tertiary/aromatic N) is 1. The molecule has 0 aromatic heterocycles. The molecule has 1 unspecified atom stereocenters. The van der Waals surface area contributed by atoms with Gasteiger partial charge in [-0.15, -0.1) is 0 Å². The zero-order chi connectivity index (χ0) is 25.4. The Kier molecular flexibility index (Phi) is 7.04. The van der Waals surface area contributed by atoms with Gasteiger partial charge < -0.3 is 14.8 Å². The normalized spacial score (nSPS) is 25.9. The Labute approximate surface area is 216 Å². The monoisotopic (exact) mass is 490 g/mol. The van der Waals surface area contributed by atoms with E-state index >= 15 is 0 Å². The topological polar surface area (TPSA) is 50.8 Å². The van der Waals surface area contributed by atoms with Crippen LogP contribution >= 0.6 is 0 Å². The fraction of sp³-hybridized carbons (Fsp3) is 0.581. The number of nitrogens with one attached hydrogen (secondary N) is 1. The number of rotatable bonds is 7. The van der Waals surface area contributed by atoms with Gasteiger partial charge in [-0.25, -0.2) is 4.79 Å². The molecule has 3 heterocycles. The van der Waals surface area contributed by atoms with E-state index in [0.29, 0.717) is 12.5 Å². The van der Waals surface area contributed by atoms with Gasteiger partial charge in [-0.2, -0.15) is 0 Å². The quantitative estimate of drug-likeness (QED) is 0.475. The van der Waals surface area contributed by atoms with Crippen molar-refractivity contribution >= 4 is 6.09 Å². The molecule has 1 aliphatic carbocycles. The first kappa shape index (κ1) is 25.1. The Hall–Kier alpha value is -2.53. The Morgan fingerprint density at radius 3 is 2.31 bits per heavy atom. The van der Waals surface area contributed by atoms with Gasteiger partial charge in [-0.1, -0.05) is 32.0 Å². The van der Waals surface area contributed by atoms with Crippen molar-refractivity contribution in [2.45, 2.75) is 78.9 Å². The molecule has 2 aromatic carbocycles. The molecule has 0 radical (unpaired) electrons. The number of amides is 1. The number of hydrogen-bond donors (Lipinski definition) is 1. The first-order valence-corrected chi connectivity index (χ1v) is 13.9. The van der Waals surface area contributed by atoms with Crippen molar-refractivity contribution in [2.75, 3.05) is 26.2 Å². The molecule has 0 saturated carbocycles. The Morgan fingerprint density at radius 2 is 1.72 bits per heavy atom. The van der Waals surface area contributed by atoms with Crippen molar-refractivity contribution in [3.63, 3.8) is 0 Å². The van der Waals surface area contributed by atoms with Crippen LogP contribution in [0.5, 0.6) is 5.75 Å². The molecule has 6 rings (SSSR count). The third-order valence-corrected chi connectivity index (χ3v) is 9.22. The SMILES string of the molecule is CCOc1c(C)cc(-c2ccc3c(c2)CC(CC)(CC)C3NC(=O)O[C@@H]2CN3CCC2CC3)cc1C. The number of ether oxygens (including phenoxy) is 2. The van der Waals surface area contributed by atoms with Gasteiger partial charge in [-0.05, 0) is 123 Å². The molecule has 36 heavy (non-hydrogen) atoms. The molecule has 2 bridgehead atoms. The lowest BCUT2D eigenvalue weighted by atomic mass is 9.76. The van der Waals surface area contributed by atoms with E-state index in [9.17, 15) is 4.79 Å². The minimum absolute atomic E-state index is 0.0136. The third-order valence-electron chi connectivity index (χ3n) is 9.22. The summed E-state index contributed by atoms with van der Waals surface area (Å²) < 4.78 is 11.9. The fourth-order valence-electron chi connectivity index (χ4n) is 6.99. The smallest absolute Gasteiger partial charge is 0.407 e. The average molecular weight is 491 g/mol. The van der Waals surface area contributed by atoms with Crippen molar-refractivity contribution in [2.24, 2.45) is 11.3 Å². The molecular formula is C31H42N2O3. The summed E-state index contributed by atoms with van der Waals surface area (Å²) in [5, 5.41) is 3.34. The van der Waals surface area contributed by atoms with E-state index < -0.39 is 0 Å². The van der Waals surface area contributed by atoms with Crippen LogP contribution in [0.1, 0.15) is 74.8 Å². The van der Waals surface area contributed by atoms with Gasteiger partial charge in [0.25, 0.3) is 0 Å². The summed E-state index contributed by atoms with van der Waals surface area (Å²) in [7, 11) is 0. The first-order chi connectivity index (χ1) is 17.4. The van der Waals surface area contributed by atoms with Crippen molar-refractivity contribution in [1.82, 2.24) is 10.2 Å². The molecule has 194 valence electrons. The lowest BCUT2D eigenvalue weighted by molar-refractivity contribution is -0.0353. The number of alkyl carbamates (subject to hydrolysis) is 1. The molecule has 3 fully saturated rings. The highest BCUT2D eigenvalue weighted by Crippen LogP contribution is 2.51. The molecule has 5 heteroatoms. The maximum atomic E-state index is 13.2. The number of aryl methyl sites for hydroxylation is 2. The second-order valence-electron chi connectivity index (χ2n) is 11.2. The van der Waals surface area contributed by atoms with Crippen LogP contribution in [0.15, 0.2) is 30.3 Å². The fourth-order valence-corrected chi connectivity index (χ4v) is 6.99. The molecule has 3 saturated heterocycles. The van der Waals surface area contributed by atoms with Gasteiger partial charge in [0.05, 0.1) is 12.6 Å². The van der Waals surface area contributed by atoms with E-state index in [1.54, 1.807) is 0 Å². The summed E-state index contributed by atoms with van der Waals surface area (Å²) in [6.07, 6.45) is 5.07. The van der Waals surface area contributed by atoms with Crippen LogP contribution in [0.3, 0.4) is 0 Å². The van der Waals surface area contributed by atoms with E-state index in [-0.39, 0.29) is 23.7 Å². The standard InChI is InChI=1S/C31H42N2O3/c1-6-31(7-2)18-25-17-23(24-15-20(4)28(35-8-3)21(5)16-24)9-10-26(25)29(31)32-30(34)36-27-19-33-13-11-22(27)12-14-33/h9-10,15-17,22,27,29H,6-8,11-14,18-19H2,1-5H3,(H,32,34)/t27-,29?/m1/s1. The average Bonchev–Trinajstić information content (AvgIpc) is 3.19. The van der Waals surface area contributed by atoms with Crippen molar-refractivity contribution < 1.29 is 14.3 Å². The minimum Gasteiger partial charge on any atom is -0.493 e. The Balaban J connectivity index is 1.39. The summed E-state index contributed by atoms with van der Waals surface area (Å²) in [6, 6.07) is 11.2. The van der Waals surface area contributed by atoms with E-state index in [0.717, 1.165) is 57.5 Å². The molecular weight excluding hydrogens is 448 g/mol. The van der Waals surface area contributed by atoms with Gasteiger partial charge >= 0.3 is 6.09 Å². The second-order valence-corrected chi connectivity index (χ2v) is 11.2. The molecule has 1 amide bonds. The van der Waals surface area contributed by atoms with Gasteiger partial charge in [0.1, 0.15) is 11.9 Å². The summed E-state index contributed by atoms with van der Waals surface area (Å²) >= 11 is 0. The molecule has 5 nitrogen and oxygen atoms in total. The van der Waals surface area contributed by atoms with Crippen LogP contribution < -0.4 is 10.1 Å². The largest absolute Gasteiger partial charge is 0.493 e. The van der Waals surface area contributed by atoms with Crippen molar-refractivity contribution in [3.8, 4) is 16.9 Å². The van der Waals surface area contributed by atoms with Crippen LogP contribution in [-0.4, -0.2) is 43.3 Å². The minimum atomic E-state index is -0.250. The van der Waals surface area contributed by atoms with Gasteiger partial charge in [0, 0.05) is 6.54 Å². The van der Waals surface area contributed by atoms with Crippen LogP contribution in [0.2, 0.25) is 0 Å². The lowest BCUT2D eigenvalue weighted by Crippen LogP contribution is -2.53. The second kappa shape index (κ2) is 10.1. The van der Waals surface area contributed by atoms with Gasteiger partial charge in [-0.3, -0.25) is 4.90 Å². The lowest BCUT2D eigenvalue weighted by Gasteiger charge is -2.44. The van der Waals surface area contributed by atoms with Crippen LogP contribution in [-0.2, 0) is 11.2 Å². The Bertz CT molecular complexity index is 1090. The summed E-state index contributed by atoms with van der Waals surface area (Å²) in [5.74, 6) is 1.51. The van der Waals surface area contributed by atoms with E-state index in [1.165, 1.54) is 33.4 Å². The highest BCUT2D eigenvalue weighted by Gasteiger charge is 2.45. The summed E-state index contributed by atoms with van der Waals surface area (Å²) in [6.45, 7) is 14.6. The molecule has 3 aliphatic heterocycles. The first-order valence-electron chi connectivity index (χ1n) is 13.9. The predicted molar refractivity (Wildman–Crippen MR) is 145 cm³/mol. The number of benzene rings is 2. The summed E-state index contributed by atoms with van der Waals surface area (Å²) in [4.78, 5) is 15.6. The van der Waals surface area contributed by atoms with Crippen LogP contribution in [0.4, 0.5) is 4.79 Å². The highest BCUT2D eigenvalue weighted by molar-refractivity contribution is 5.71. The molecule has 0 spiro atoms. The number of hydrogen-bond acceptors (Lipinski definition) is 4. The van der Waals surface area contributed by atoms with Crippen LogP contribution in [0, 0.1) is 25.2 Å². The molecule has 4 aliphatic rings. The van der Waals surface area contributed by atoms with Crippen LogP contribution in [0.25, 0.3) is 11.1 Å². The number of carbonyl (C=O) groups excluding carboxylic acids is 1. The maximum absolute atomic E-state index is 13.2. The Morgan fingerprint density at radius 1 is 1.03 bits per heavy atom. The number of piperidine rings is 3.